The van der Waals surface area contributed by atoms with Gasteiger partial charge in [0.15, 0.2) is 0 Å². The molecule has 4 N–H and O–H groups in total. The molecule has 0 saturated carbocycles. The average Bonchev–Trinajstić information content (AvgIpc) is 2.66. The number of hydrogen-bond acceptors (Lipinski definition) is 4. The standard InChI is InChI=1S/C18H26BN3O4/c1-2-17(23)22-11-7-6-10-15(22)13-20-18(24)21-16(19(25)26)12-14-8-4-3-5-9-14/h2-5,8-9,15-16,25-26H,1,6-7,10-13H2,(H2,20,21,24)/t15?,16-/m0/s1. The first-order valence-corrected chi connectivity index (χ1v) is 8.88. The summed E-state index contributed by atoms with van der Waals surface area (Å²) < 4.78 is 0. The molecule has 1 aromatic carbocycles. The molecule has 140 valence electrons. The minimum atomic E-state index is -1.67. The highest BCUT2D eigenvalue weighted by molar-refractivity contribution is 6.43. The van der Waals surface area contributed by atoms with Crippen molar-refractivity contribution in [3.05, 3.63) is 48.6 Å². The van der Waals surface area contributed by atoms with Crippen molar-refractivity contribution in [2.24, 2.45) is 0 Å². The third-order valence-electron chi connectivity index (χ3n) is 4.56. The molecule has 7 nitrogen and oxygen atoms in total. The number of rotatable bonds is 7. The van der Waals surface area contributed by atoms with Crippen molar-refractivity contribution >= 4 is 19.1 Å². The van der Waals surface area contributed by atoms with Crippen LogP contribution in [0.1, 0.15) is 24.8 Å². The SMILES string of the molecule is C=CC(=O)N1CCCCC1CNC(=O)N[C@@H](Cc1ccccc1)B(O)O. The summed E-state index contributed by atoms with van der Waals surface area (Å²) >= 11 is 0. The van der Waals surface area contributed by atoms with Crippen LogP contribution in [0.3, 0.4) is 0 Å². The predicted molar refractivity (Wildman–Crippen MR) is 100 cm³/mol. The van der Waals surface area contributed by atoms with Crippen molar-refractivity contribution < 1.29 is 19.6 Å². The van der Waals surface area contributed by atoms with Crippen molar-refractivity contribution in [1.29, 1.82) is 0 Å². The number of nitrogens with zero attached hydrogens (tertiary/aromatic N) is 1. The van der Waals surface area contributed by atoms with Crippen LogP contribution in [0.15, 0.2) is 43.0 Å². The topological polar surface area (TPSA) is 102 Å². The summed E-state index contributed by atoms with van der Waals surface area (Å²) in [6.07, 6.45) is 4.35. The largest absolute Gasteiger partial charge is 0.475 e. The highest BCUT2D eigenvalue weighted by Gasteiger charge is 2.28. The van der Waals surface area contributed by atoms with E-state index in [2.05, 4.69) is 17.2 Å². The van der Waals surface area contributed by atoms with Gasteiger partial charge in [0.25, 0.3) is 0 Å². The lowest BCUT2D eigenvalue weighted by molar-refractivity contribution is -0.129. The number of urea groups is 1. The van der Waals surface area contributed by atoms with Gasteiger partial charge in [0.1, 0.15) is 0 Å². The van der Waals surface area contributed by atoms with Gasteiger partial charge in [-0.25, -0.2) is 4.79 Å². The number of hydrogen-bond donors (Lipinski definition) is 4. The lowest BCUT2D eigenvalue weighted by Crippen LogP contribution is -2.54. The second-order valence-corrected chi connectivity index (χ2v) is 6.45. The molecule has 1 fully saturated rings. The van der Waals surface area contributed by atoms with Crippen LogP contribution in [0.25, 0.3) is 0 Å². The van der Waals surface area contributed by atoms with Crippen molar-refractivity contribution in [3.8, 4) is 0 Å². The number of piperidine rings is 1. The van der Waals surface area contributed by atoms with Crippen LogP contribution in [0.5, 0.6) is 0 Å². The van der Waals surface area contributed by atoms with Crippen LogP contribution >= 0.6 is 0 Å². The third-order valence-corrected chi connectivity index (χ3v) is 4.56. The highest BCUT2D eigenvalue weighted by atomic mass is 16.4. The molecule has 0 bridgehead atoms. The number of nitrogens with one attached hydrogen (secondary N) is 2. The first kappa shape index (κ1) is 20.0. The van der Waals surface area contributed by atoms with Gasteiger partial charge < -0.3 is 25.6 Å². The fraction of sp³-hybridized carbons (Fsp3) is 0.444. The molecule has 0 aromatic heterocycles. The second kappa shape index (κ2) is 9.99. The minimum Gasteiger partial charge on any atom is -0.426 e. The minimum absolute atomic E-state index is 0.0772. The number of amides is 3. The average molecular weight is 359 g/mol. The fourth-order valence-corrected chi connectivity index (χ4v) is 3.15. The molecule has 1 heterocycles. The van der Waals surface area contributed by atoms with E-state index in [4.69, 9.17) is 0 Å². The number of benzene rings is 1. The summed E-state index contributed by atoms with van der Waals surface area (Å²) in [6.45, 7) is 4.49. The smallest absolute Gasteiger partial charge is 0.426 e. The van der Waals surface area contributed by atoms with Gasteiger partial charge in [-0.3, -0.25) is 4.79 Å². The highest BCUT2D eigenvalue weighted by Crippen LogP contribution is 2.16. The normalized spacial score (nSPS) is 17.9. The fourth-order valence-electron chi connectivity index (χ4n) is 3.15. The van der Waals surface area contributed by atoms with Gasteiger partial charge in [-0.2, -0.15) is 0 Å². The van der Waals surface area contributed by atoms with Crippen LogP contribution in [0.2, 0.25) is 0 Å². The predicted octanol–water partition coefficient (Wildman–Crippen LogP) is 0.476. The zero-order valence-corrected chi connectivity index (χ0v) is 14.8. The molecular formula is C18H26BN3O4. The molecule has 2 atom stereocenters. The van der Waals surface area contributed by atoms with Gasteiger partial charge in [-0.1, -0.05) is 36.9 Å². The molecule has 1 saturated heterocycles. The van der Waals surface area contributed by atoms with E-state index >= 15 is 0 Å². The van der Waals surface area contributed by atoms with Crippen LogP contribution in [-0.2, 0) is 11.2 Å². The van der Waals surface area contributed by atoms with Crippen molar-refractivity contribution in [1.82, 2.24) is 15.5 Å². The summed E-state index contributed by atoms with van der Waals surface area (Å²) in [4.78, 5) is 25.8. The van der Waals surface area contributed by atoms with Crippen molar-refractivity contribution in [2.45, 2.75) is 37.7 Å². The Morgan fingerprint density at radius 1 is 1.31 bits per heavy atom. The number of likely N-dealkylation sites (tertiary alicyclic amines) is 1. The Hall–Kier alpha value is -2.32. The summed E-state index contributed by atoms with van der Waals surface area (Å²) in [5, 5.41) is 24.4. The molecule has 26 heavy (non-hydrogen) atoms. The molecule has 1 aromatic rings. The molecule has 0 spiro atoms. The van der Waals surface area contributed by atoms with Gasteiger partial charge in [-0.05, 0) is 37.3 Å². The van der Waals surface area contributed by atoms with E-state index in [-0.39, 0.29) is 11.9 Å². The number of carbonyl (C=O) groups is 2. The van der Waals surface area contributed by atoms with E-state index in [9.17, 15) is 19.6 Å². The molecule has 1 aliphatic heterocycles. The zero-order valence-electron chi connectivity index (χ0n) is 14.8. The van der Waals surface area contributed by atoms with Crippen molar-refractivity contribution in [2.75, 3.05) is 13.1 Å². The molecular weight excluding hydrogens is 333 g/mol. The molecule has 0 radical (unpaired) electrons. The van der Waals surface area contributed by atoms with E-state index < -0.39 is 19.1 Å². The Balaban J connectivity index is 1.87. The Morgan fingerprint density at radius 3 is 2.69 bits per heavy atom. The lowest BCUT2D eigenvalue weighted by atomic mass is 9.76. The van der Waals surface area contributed by atoms with Crippen molar-refractivity contribution in [3.63, 3.8) is 0 Å². The zero-order chi connectivity index (χ0) is 18.9. The summed E-state index contributed by atoms with van der Waals surface area (Å²) in [5.74, 6) is -0.959. The van der Waals surface area contributed by atoms with E-state index in [1.54, 1.807) is 4.90 Å². The van der Waals surface area contributed by atoms with Gasteiger partial charge in [0.2, 0.25) is 5.91 Å². The van der Waals surface area contributed by atoms with Gasteiger partial charge in [0, 0.05) is 19.1 Å². The summed E-state index contributed by atoms with van der Waals surface area (Å²) in [7, 11) is -1.67. The molecule has 3 amide bonds. The lowest BCUT2D eigenvalue weighted by Gasteiger charge is -2.35. The van der Waals surface area contributed by atoms with E-state index in [1.807, 2.05) is 30.3 Å². The third kappa shape index (κ3) is 5.89. The summed E-state index contributed by atoms with van der Waals surface area (Å²) in [6, 6.07) is 8.72. The number of carbonyl (C=O) groups excluding carboxylic acids is 2. The monoisotopic (exact) mass is 359 g/mol. The van der Waals surface area contributed by atoms with Gasteiger partial charge in [-0.15, -0.1) is 0 Å². The maximum Gasteiger partial charge on any atom is 0.475 e. The molecule has 8 heteroatoms. The summed E-state index contributed by atoms with van der Waals surface area (Å²) in [5.41, 5.74) is 0.890. The first-order chi connectivity index (χ1) is 12.5. The van der Waals surface area contributed by atoms with Gasteiger partial charge >= 0.3 is 13.1 Å². The molecule has 1 unspecified atom stereocenters. The van der Waals surface area contributed by atoms with E-state index in [0.717, 1.165) is 24.8 Å². The molecule has 1 aliphatic rings. The van der Waals surface area contributed by atoms with E-state index in [0.29, 0.717) is 19.5 Å². The quantitative estimate of drug-likeness (QED) is 0.420. The van der Waals surface area contributed by atoms with Crippen LogP contribution in [0.4, 0.5) is 4.79 Å². The maximum atomic E-state index is 12.2. The molecule has 2 rings (SSSR count). The Kier molecular flexibility index (Phi) is 7.68. The maximum absolute atomic E-state index is 12.2. The van der Waals surface area contributed by atoms with E-state index in [1.165, 1.54) is 6.08 Å². The van der Waals surface area contributed by atoms with Gasteiger partial charge in [0.05, 0.1) is 5.94 Å². The Labute approximate surface area is 154 Å². The van der Waals surface area contributed by atoms with Crippen LogP contribution < -0.4 is 10.6 Å². The van der Waals surface area contributed by atoms with Crippen LogP contribution in [0, 0.1) is 0 Å². The second-order valence-electron chi connectivity index (χ2n) is 6.45. The first-order valence-electron chi connectivity index (χ1n) is 8.88. The Bertz CT molecular complexity index is 612. The molecule has 0 aliphatic carbocycles. The Morgan fingerprint density at radius 2 is 2.04 bits per heavy atom. The van der Waals surface area contributed by atoms with Crippen LogP contribution in [-0.4, -0.2) is 59.1 Å².